The molecule has 2 unspecified atom stereocenters. The van der Waals surface area contributed by atoms with Crippen molar-refractivity contribution in [3.63, 3.8) is 0 Å². The molecule has 1 aliphatic carbocycles. The third-order valence-electron chi connectivity index (χ3n) is 13.1. The zero-order valence-corrected chi connectivity index (χ0v) is 36.9. The van der Waals surface area contributed by atoms with Crippen molar-refractivity contribution in [1.82, 2.24) is 4.90 Å². The van der Waals surface area contributed by atoms with Gasteiger partial charge in [0.15, 0.2) is 0 Å². The fourth-order valence-corrected chi connectivity index (χ4v) is 9.16. The Morgan fingerprint density at radius 3 is 2.24 bits per heavy atom. The van der Waals surface area contributed by atoms with Crippen LogP contribution < -0.4 is 0 Å². The van der Waals surface area contributed by atoms with Gasteiger partial charge in [-0.1, -0.05) is 57.2 Å². The van der Waals surface area contributed by atoms with Gasteiger partial charge in [-0.05, 0) is 120 Å². The maximum Gasteiger partial charge on any atom is 0.329 e. The molecule has 11 nitrogen and oxygen atoms in total. The molecule has 1 saturated carbocycles. The van der Waals surface area contributed by atoms with Gasteiger partial charge in [-0.25, -0.2) is 4.79 Å². The minimum absolute atomic E-state index is 0.0230. The lowest BCUT2D eigenvalue weighted by molar-refractivity contribution is -0.167. The summed E-state index contributed by atoms with van der Waals surface area (Å²) in [6.45, 7) is 9.69. The summed E-state index contributed by atoms with van der Waals surface area (Å²) in [7, 11) is 3.39. The van der Waals surface area contributed by atoms with E-state index in [9.17, 15) is 29.1 Å². The zero-order valence-electron chi connectivity index (χ0n) is 36.9. The molecule has 0 spiro atoms. The minimum Gasteiger partial charge on any atom is -0.460 e. The average molecular weight is 824 g/mol. The Morgan fingerprint density at radius 1 is 0.780 bits per heavy atom. The number of fused-ring (bicyclic) bond motifs is 3. The molecule has 2 saturated heterocycles. The number of hydrogen-bond acceptors (Lipinski definition) is 10. The molecule has 4 rings (SSSR count). The van der Waals surface area contributed by atoms with Crippen LogP contribution in [0.1, 0.15) is 137 Å². The number of amides is 1. The molecule has 0 radical (unpaired) electrons. The quantitative estimate of drug-likeness (QED) is 0.166. The van der Waals surface area contributed by atoms with Crippen LogP contribution in [-0.2, 0) is 42.9 Å². The van der Waals surface area contributed by atoms with E-state index in [1.165, 1.54) is 4.90 Å². The highest BCUT2D eigenvalue weighted by molar-refractivity contribution is 6.38. The number of rotatable bonds is 5. The smallest absolute Gasteiger partial charge is 0.329 e. The van der Waals surface area contributed by atoms with E-state index in [0.717, 1.165) is 50.5 Å². The summed E-state index contributed by atoms with van der Waals surface area (Å²) in [6.07, 6.45) is 18.6. The lowest BCUT2D eigenvalue weighted by Crippen LogP contribution is -2.54. The first-order valence-corrected chi connectivity index (χ1v) is 22.4. The molecule has 1 amide bonds. The molecule has 0 aromatic heterocycles. The Labute approximate surface area is 353 Å². The van der Waals surface area contributed by atoms with Gasteiger partial charge in [-0.15, -0.1) is 0 Å². The van der Waals surface area contributed by atoms with Crippen LogP contribution in [-0.4, -0.2) is 103 Å². The Morgan fingerprint density at radius 2 is 1.53 bits per heavy atom. The Bertz CT molecular complexity index is 1540. The summed E-state index contributed by atoms with van der Waals surface area (Å²) in [5, 5.41) is 11.0. The molecule has 2 bridgehead atoms. The van der Waals surface area contributed by atoms with Crippen molar-refractivity contribution < 1.29 is 48.0 Å². The monoisotopic (exact) mass is 824 g/mol. The third kappa shape index (κ3) is 15.0. The number of piperidine rings is 1. The van der Waals surface area contributed by atoms with Gasteiger partial charge in [0.25, 0.3) is 5.91 Å². The fourth-order valence-electron chi connectivity index (χ4n) is 9.16. The number of ether oxygens (including phenoxy) is 4. The molecule has 4 aliphatic rings. The number of carbonyl (C=O) groups excluding carboxylic acids is 5. The number of aliphatic hydroxyl groups is 1. The second-order valence-electron chi connectivity index (χ2n) is 17.9. The van der Waals surface area contributed by atoms with E-state index >= 15 is 0 Å². The highest BCUT2D eigenvalue weighted by atomic mass is 16.5. The first-order chi connectivity index (χ1) is 28.2. The van der Waals surface area contributed by atoms with Gasteiger partial charge in [0.2, 0.25) is 5.78 Å². The van der Waals surface area contributed by atoms with Crippen molar-refractivity contribution in [2.75, 3.05) is 20.8 Å². The Balaban J connectivity index is 1.58. The lowest BCUT2D eigenvalue weighted by atomic mass is 9.83. The van der Waals surface area contributed by atoms with Crippen LogP contribution in [0, 0.1) is 23.7 Å². The van der Waals surface area contributed by atoms with E-state index < -0.39 is 47.9 Å². The molecule has 1 N–H and O–H groups in total. The van der Waals surface area contributed by atoms with Gasteiger partial charge in [0.1, 0.15) is 29.8 Å². The highest BCUT2D eigenvalue weighted by Gasteiger charge is 2.41. The van der Waals surface area contributed by atoms with E-state index in [1.54, 1.807) is 34.1 Å². The van der Waals surface area contributed by atoms with Crippen LogP contribution in [0.2, 0.25) is 0 Å². The summed E-state index contributed by atoms with van der Waals surface area (Å²) in [5.41, 5.74) is 1.54. The number of methoxy groups -OCH3 is 2. The topological polar surface area (TPSA) is 146 Å². The highest BCUT2D eigenvalue weighted by Crippen LogP contribution is 2.32. The number of esters is 1. The predicted molar refractivity (Wildman–Crippen MR) is 227 cm³/mol. The van der Waals surface area contributed by atoms with Crippen LogP contribution in [0.15, 0.2) is 47.6 Å². The van der Waals surface area contributed by atoms with E-state index in [-0.39, 0.29) is 61.1 Å². The normalized spacial score (nSPS) is 36.2. The number of nitrogens with zero attached hydrogens (tertiary/aromatic N) is 1. The number of ketones is 3. The van der Waals surface area contributed by atoms with Gasteiger partial charge < -0.3 is 29.0 Å². The number of cyclic esters (lactones) is 1. The summed E-state index contributed by atoms with van der Waals surface area (Å²) >= 11 is 0. The first-order valence-electron chi connectivity index (χ1n) is 22.4. The standard InChI is InChI=1S/C48H73NO10/c1-31-14-9-8-10-15-32(2)45(57-7)29-38-16-13-18-44(58-38)46(53)47(54)49-25-12-11-17-40(49)48(55)59-39(24-21-36-19-22-37(56-6)23-20-36)28-41(50)34(4)27-35(5)43(52)30-42(51)33(3)26-31/h8-10,14-15,27,31,33-34,36-40,43-45,52H,11-13,16-26,28-30H2,1-7H3/b10-8?,14-9+,32-15?,35-27+/t31-,33-,34-,36?,37?,38?,39-,40+,43+,44?,45+/m1/s1. The number of allylic oxidation sites excluding steroid dienone is 6. The summed E-state index contributed by atoms with van der Waals surface area (Å²) in [5.74, 6) is -2.44. The van der Waals surface area contributed by atoms with Crippen molar-refractivity contribution in [2.45, 2.75) is 180 Å². The number of carbonyl (C=O) groups is 5. The average Bonchev–Trinajstić information content (AvgIpc) is 3.23. The van der Waals surface area contributed by atoms with Crippen molar-refractivity contribution in [3.05, 3.63) is 47.6 Å². The van der Waals surface area contributed by atoms with Crippen molar-refractivity contribution in [2.24, 2.45) is 23.7 Å². The van der Waals surface area contributed by atoms with Crippen molar-refractivity contribution in [3.8, 4) is 0 Å². The van der Waals surface area contributed by atoms with Gasteiger partial charge in [-0.3, -0.25) is 19.2 Å². The van der Waals surface area contributed by atoms with Crippen LogP contribution >= 0.6 is 0 Å². The Hall–Kier alpha value is -3.25. The summed E-state index contributed by atoms with van der Waals surface area (Å²) < 4.78 is 23.9. The van der Waals surface area contributed by atoms with Gasteiger partial charge in [-0.2, -0.15) is 0 Å². The second-order valence-corrected chi connectivity index (χ2v) is 17.9. The maximum atomic E-state index is 14.1. The van der Waals surface area contributed by atoms with E-state index in [1.807, 2.05) is 38.2 Å². The van der Waals surface area contributed by atoms with Crippen LogP contribution in [0.4, 0.5) is 0 Å². The van der Waals surface area contributed by atoms with Gasteiger partial charge in [0, 0.05) is 51.9 Å². The summed E-state index contributed by atoms with van der Waals surface area (Å²) in [4.78, 5) is 70.1. The largest absolute Gasteiger partial charge is 0.460 e. The van der Waals surface area contributed by atoms with Crippen molar-refractivity contribution >= 4 is 29.2 Å². The molecule has 3 heterocycles. The molecule has 0 aromatic carbocycles. The maximum absolute atomic E-state index is 14.1. The minimum atomic E-state index is -1.02. The predicted octanol–water partition coefficient (Wildman–Crippen LogP) is 7.77. The van der Waals surface area contributed by atoms with Gasteiger partial charge in [0.05, 0.1) is 24.4 Å². The van der Waals surface area contributed by atoms with E-state index in [2.05, 4.69) is 13.0 Å². The zero-order chi connectivity index (χ0) is 43.1. The second kappa shape index (κ2) is 24.3. The molecule has 0 aromatic rings. The van der Waals surface area contributed by atoms with E-state index in [0.29, 0.717) is 56.4 Å². The molecule has 9 atom stereocenters. The molecular formula is C48H73NO10. The fraction of sp³-hybridized carbons (Fsp3) is 0.729. The van der Waals surface area contributed by atoms with Gasteiger partial charge >= 0.3 is 5.97 Å². The molecule has 3 fully saturated rings. The van der Waals surface area contributed by atoms with Crippen molar-refractivity contribution in [1.29, 1.82) is 0 Å². The molecule has 3 aliphatic heterocycles. The molecule has 11 heteroatoms. The van der Waals surface area contributed by atoms with E-state index in [4.69, 9.17) is 18.9 Å². The number of aliphatic hydroxyl groups excluding tert-OH is 1. The van der Waals surface area contributed by atoms with Crippen LogP contribution in [0.3, 0.4) is 0 Å². The number of Topliss-reactive ketones (excluding diaryl/α,β-unsaturated/α-hetero) is 3. The molecule has 59 heavy (non-hydrogen) atoms. The third-order valence-corrected chi connectivity index (χ3v) is 13.1. The molecule has 330 valence electrons. The molecular weight excluding hydrogens is 751 g/mol. The number of hydrogen-bond donors (Lipinski definition) is 1. The Kier molecular flexibility index (Phi) is 19.9. The lowest BCUT2D eigenvalue weighted by Gasteiger charge is -2.36. The van der Waals surface area contributed by atoms with Crippen LogP contribution in [0.25, 0.3) is 0 Å². The SMILES string of the molecule is COC1CCC(CC[C@@H]2CC(=O)[C@H](C)/C=C(\C)[C@@H](O)CC(=O)[C@H](C)C[C@H](C)/C=C/C=CC=C(C)[C@@H](OC)CC3CCCC(O3)C(=O)C(=O)N3CCCC[C@H]3C(=O)O2)CC1. The first kappa shape index (κ1) is 48.4. The summed E-state index contributed by atoms with van der Waals surface area (Å²) in [6, 6.07) is -0.934. The van der Waals surface area contributed by atoms with Crippen LogP contribution in [0.5, 0.6) is 0 Å².